The Morgan fingerprint density at radius 3 is 2.68 bits per heavy atom. The molecule has 1 saturated heterocycles. The zero-order valence-corrected chi connectivity index (χ0v) is 14.8. The van der Waals surface area contributed by atoms with Gasteiger partial charge in [-0.05, 0) is 37.5 Å². The highest BCUT2D eigenvalue weighted by Crippen LogP contribution is 2.26. The number of hydrogen-bond donors (Lipinski definition) is 0. The third-order valence-electron chi connectivity index (χ3n) is 4.60. The summed E-state index contributed by atoms with van der Waals surface area (Å²) in [5.41, 5.74) is 1.20. The number of furan rings is 1. The van der Waals surface area contributed by atoms with E-state index >= 15 is 0 Å². The number of amides is 1. The van der Waals surface area contributed by atoms with Crippen molar-refractivity contribution in [2.75, 3.05) is 26.9 Å². The van der Waals surface area contributed by atoms with E-state index in [1.54, 1.807) is 13.2 Å². The second kappa shape index (κ2) is 8.32. The van der Waals surface area contributed by atoms with E-state index < -0.39 is 0 Å². The topological polar surface area (TPSA) is 51.9 Å². The molecule has 5 nitrogen and oxygen atoms in total. The van der Waals surface area contributed by atoms with E-state index in [0.29, 0.717) is 25.5 Å². The number of carbonyl (C=O) groups is 1. The van der Waals surface area contributed by atoms with Gasteiger partial charge in [0.2, 0.25) is 0 Å². The molecule has 2 atom stereocenters. The van der Waals surface area contributed by atoms with Crippen LogP contribution in [0.15, 0.2) is 46.9 Å². The normalized spacial score (nSPS) is 20.2. The smallest absolute Gasteiger partial charge is 0.289 e. The summed E-state index contributed by atoms with van der Waals surface area (Å²) in [6.07, 6.45) is 1.60. The van der Waals surface area contributed by atoms with Gasteiger partial charge >= 0.3 is 0 Å². The highest BCUT2D eigenvalue weighted by molar-refractivity contribution is 5.92. The summed E-state index contributed by atoms with van der Waals surface area (Å²) in [6.45, 7) is 3.61. The molecule has 0 unspecified atom stereocenters. The molecule has 25 heavy (non-hydrogen) atoms. The van der Waals surface area contributed by atoms with Gasteiger partial charge < -0.3 is 18.8 Å². The summed E-state index contributed by atoms with van der Waals surface area (Å²) in [5.74, 6) is 1.08. The molecule has 3 rings (SSSR count). The minimum atomic E-state index is -0.0631. The summed E-state index contributed by atoms with van der Waals surface area (Å²) < 4.78 is 16.6. The number of ether oxygens (including phenoxy) is 2. The van der Waals surface area contributed by atoms with E-state index in [1.165, 1.54) is 5.56 Å². The van der Waals surface area contributed by atoms with E-state index in [1.807, 2.05) is 36.1 Å². The largest absolute Gasteiger partial charge is 0.456 e. The number of aryl methyl sites for hydroxylation is 1. The number of rotatable bonds is 7. The Bertz CT molecular complexity index is 682. The maximum atomic E-state index is 12.9. The lowest BCUT2D eigenvalue weighted by Crippen LogP contribution is -2.42. The molecule has 2 aromatic rings. The lowest BCUT2D eigenvalue weighted by molar-refractivity contribution is 0.0000904. The van der Waals surface area contributed by atoms with Crippen molar-refractivity contribution in [2.24, 2.45) is 0 Å². The molecule has 1 amide bonds. The fraction of sp³-hybridized carbons (Fsp3) is 0.450. The van der Waals surface area contributed by atoms with Crippen molar-refractivity contribution in [3.63, 3.8) is 0 Å². The van der Waals surface area contributed by atoms with Crippen LogP contribution in [0.5, 0.6) is 0 Å². The number of methoxy groups -OCH3 is 1. The van der Waals surface area contributed by atoms with Crippen LogP contribution < -0.4 is 0 Å². The van der Waals surface area contributed by atoms with Gasteiger partial charge in [0.1, 0.15) is 5.76 Å². The molecule has 0 saturated carbocycles. The maximum absolute atomic E-state index is 12.9. The van der Waals surface area contributed by atoms with E-state index in [9.17, 15) is 4.79 Å². The molecule has 0 N–H and O–H groups in total. The first kappa shape index (κ1) is 17.7. The predicted octanol–water partition coefficient (Wildman–Crippen LogP) is 3.08. The van der Waals surface area contributed by atoms with Crippen LogP contribution in [0.4, 0.5) is 0 Å². The van der Waals surface area contributed by atoms with Crippen LogP contribution >= 0.6 is 0 Å². The number of benzene rings is 1. The predicted molar refractivity (Wildman–Crippen MR) is 94.6 cm³/mol. The molecule has 0 radical (unpaired) electrons. The molecule has 0 bridgehead atoms. The molecule has 0 spiro atoms. The molecule has 5 heteroatoms. The van der Waals surface area contributed by atoms with Gasteiger partial charge in [0.05, 0.1) is 25.4 Å². The Labute approximate surface area is 148 Å². The molecule has 134 valence electrons. The highest BCUT2D eigenvalue weighted by Gasteiger charge is 2.38. The lowest BCUT2D eigenvalue weighted by atomic mass is 10.0. The highest BCUT2D eigenvalue weighted by atomic mass is 16.5. The fourth-order valence-corrected chi connectivity index (χ4v) is 3.34. The van der Waals surface area contributed by atoms with Gasteiger partial charge in [0.15, 0.2) is 5.76 Å². The summed E-state index contributed by atoms with van der Waals surface area (Å²) in [5, 5.41) is 0. The quantitative estimate of drug-likeness (QED) is 0.725. The van der Waals surface area contributed by atoms with Crippen molar-refractivity contribution in [3.05, 3.63) is 59.5 Å². The van der Waals surface area contributed by atoms with Gasteiger partial charge in [-0.15, -0.1) is 0 Å². The van der Waals surface area contributed by atoms with E-state index in [-0.39, 0.29) is 18.1 Å². The van der Waals surface area contributed by atoms with Gasteiger partial charge in [0.25, 0.3) is 5.91 Å². The van der Waals surface area contributed by atoms with Crippen LogP contribution in [-0.4, -0.2) is 49.8 Å². The average molecular weight is 343 g/mol. The van der Waals surface area contributed by atoms with E-state index in [0.717, 1.165) is 18.6 Å². The number of carbonyl (C=O) groups excluding carboxylic acids is 1. The van der Waals surface area contributed by atoms with Gasteiger partial charge in [-0.1, -0.05) is 30.3 Å². The van der Waals surface area contributed by atoms with Gasteiger partial charge in [0, 0.05) is 13.7 Å². The van der Waals surface area contributed by atoms with E-state index in [2.05, 4.69) is 12.1 Å². The first-order valence-electron chi connectivity index (χ1n) is 8.71. The van der Waals surface area contributed by atoms with Crippen LogP contribution in [0.3, 0.4) is 0 Å². The fourth-order valence-electron chi connectivity index (χ4n) is 3.34. The number of likely N-dealkylation sites (tertiary alicyclic amines) is 1. The second-order valence-corrected chi connectivity index (χ2v) is 6.36. The molecule has 0 aliphatic carbocycles. The zero-order chi connectivity index (χ0) is 17.6. The monoisotopic (exact) mass is 343 g/mol. The van der Waals surface area contributed by atoms with Crippen molar-refractivity contribution >= 4 is 5.91 Å². The molecule has 1 aliphatic heterocycles. The first-order valence-corrected chi connectivity index (χ1v) is 8.71. The minimum absolute atomic E-state index is 0.00263. The zero-order valence-electron chi connectivity index (χ0n) is 14.8. The van der Waals surface area contributed by atoms with Crippen LogP contribution in [0.25, 0.3) is 0 Å². The van der Waals surface area contributed by atoms with Gasteiger partial charge in [-0.2, -0.15) is 0 Å². The van der Waals surface area contributed by atoms with Crippen molar-refractivity contribution in [3.8, 4) is 0 Å². The van der Waals surface area contributed by atoms with Crippen LogP contribution in [-0.2, 0) is 15.9 Å². The Hall–Kier alpha value is -2.11. The van der Waals surface area contributed by atoms with Crippen molar-refractivity contribution in [1.82, 2.24) is 4.90 Å². The molecule has 1 fully saturated rings. The molecule has 1 aromatic carbocycles. The Balaban J connectivity index is 1.76. The Kier molecular flexibility index (Phi) is 5.89. The number of nitrogens with zero attached hydrogens (tertiary/aromatic N) is 1. The van der Waals surface area contributed by atoms with Gasteiger partial charge in [-0.25, -0.2) is 0 Å². The SMILES string of the molecule is COCCO[C@@H]1CCN(C(=O)c2ccc(C)o2)[C@H]1Cc1ccccc1. The Morgan fingerprint density at radius 2 is 2.00 bits per heavy atom. The minimum Gasteiger partial charge on any atom is -0.456 e. The maximum Gasteiger partial charge on any atom is 0.289 e. The van der Waals surface area contributed by atoms with Crippen LogP contribution in [0, 0.1) is 6.92 Å². The molecular weight excluding hydrogens is 318 g/mol. The third kappa shape index (κ3) is 4.30. The van der Waals surface area contributed by atoms with Crippen molar-refractivity contribution in [2.45, 2.75) is 31.9 Å². The average Bonchev–Trinajstić information content (AvgIpc) is 3.22. The van der Waals surface area contributed by atoms with Crippen molar-refractivity contribution < 1.29 is 18.7 Å². The third-order valence-corrected chi connectivity index (χ3v) is 4.60. The van der Waals surface area contributed by atoms with Crippen LogP contribution in [0.1, 0.15) is 28.3 Å². The standard InChI is InChI=1S/C20H25NO4/c1-15-8-9-19(25-15)20(22)21-11-10-18(24-13-12-23-2)17(21)14-16-6-4-3-5-7-16/h3-9,17-18H,10-14H2,1-2H3/t17-,18+/m0/s1. The van der Waals surface area contributed by atoms with Crippen LogP contribution in [0.2, 0.25) is 0 Å². The summed E-state index contributed by atoms with van der Waals surface area (Å²) >= 11 is 0. The Morgan fingerprint density at radius 1 is 1.20 bits per heavy atom. The van der Waals surface area contributed by atoms with E-state index in [4.69, 9.17) is 13.9 Å². The van der Waals surface area contributed by atoms with Gasteiger partial charge in [-0.3, -0.25) is 4.79 Å². The summed E-state index contributed by atoms with van der Waals surface area (Å²) in [7, 11) is 1.66. The molecule has 1 aliphatic rings. The second-order valence-electron chi connectivity index (χ2n) is 6.36. The lowest BCUT2D eigenvalue weighted by Gasteiger charge is -2.28. The molecule has 1 aromatic heterocycles. The first-order chi connectivity index (χ1) is 12.2. The summed E-state index contributed by atoms with van der Waals surface area (Å²) in [6, 6.07) is 13.8. The van der Waals surface area contributed by atoms with Crippen molar-refractivity contribution in [1.29, 1.82) is 0 Å². The molecular formula is C20H25NO4. The number of hydrogen-bond acceptors (Lipinski definition) is 4. The summed E-state index contributed by atoms with van der Waals surface area (Å²) in [4.78, 5) is 14.8. The molecule has 2 heterocycles.